The van der Waals surface area contributed by atoms with E-state index < -0.39 is 11.4 Å². The van der Waals surface area contributed by atoms with Crippen LogP contribution in [-0.2, 0) is 16.0 Å². The van der Waals surface area contributed by atoms with Crippen molar-refractivity contribution in [2.24, 2.45) is 5.41 Å². The molecule has 2 rings (SSSR count). The first-order valence-corrected chi connectivity index (χ1v) is 5.01. The predicted molar refractivity (Wildman–Crippen MR) is 52.5 cm³/mol. The first-order chi connectivity index (χ1) is 7.15. The van der Waals surface area contributed by atoms with Gasteiger partial charge in [-0.15, -0.1) is 0 Å². The van der Waals surface area contributed by atoms with Gasteiger partial charge in [0, 0.05) is 6.61 Å². The molecule has 0 radical (unpaired) electrons. The summed E-state index contributed by atoms with van der Waals surface area (Å²) >= 11 is 0. The van der Waals surface area contributed by atoms with Gasteiger partial charge in [0.1, 0.15) is 0 Å². The van der Waals surface area contributed by atoms with Gasteiger partial charge in [-0.2, -0.15) is 0 Å². The van der Waals surface area contributed by atoms with Crippen LogP contribution in [0, 0.1) is 5.41 Å². The summed E-state index contributed by atoms with van der Waals surface area (Å²) in [6.45, 7) is 2.34. The minimum atomic E-state index is -0.788. The molecule has 1 aromatic rings. The van der Waals surface area contributed by atoms with E-state index in [-0.39, 0.29) is 6.10 Å². The molecule has 0 spiro atoms. The van der Waals surface area contributed by atoms with Crippen molar-refractivity contribution in [2.45, 2.75) is 25.9 Å². The first kappa shape index (κ1) is 10.2. The maximum absolute atomic E-state index is 11.3. The molecule has 2 heterocycles. The molecule has 4 nitrogen and oxygen atoms in total. The van der Waals surface area contributed by atoms with Crippen molar-refractivity contribution in [1.82, 2.24) is 0 Å². The molecule has 82 valence electrons. The largest absolute Gasteiger partial charge is 0.481 e. The van der Waals surface area contributed by atoms with Crippen molar-refractivity contribution >= 4 is 5.97 Å². The molecule has 1 N–H and O–H groups in total. The highest BCUT2D eigenvalue weighted by atomic mass is 16.5. The number of hydrogen-bond donors (Lipinski definition) is 1. The van der Waals surface area contributed by atoms with Gasteiger partial charge in [-0.3, -0.25) is 4.79 Å². The molecular weight excluding hydrogens is 196 g/mol. The smallest absolute Gasteiger partial charge is 0.312 e. The van der Waals surface area contributed by atoms with Crippen LogP contribution in [0.3, 0.4) is 0 Å². The third-order valence-electron chi connectivity index (χ3n) is 3.22. The minimum Gasteiger partial charge on any atom is -0.481 e. The molecule has 2 atom stereocenters. The number of rotatable bonds is 3. The maximum Gasteiger partial charge on any atom is 0.312 e. The fourth-order valence-electron chi connectivity index (χ4n) is 2.13. The molecule has 0 saturated carbocycles. The summed E-state index contributed by atoms with van der Waals surface area (Å²) < 4.78 is 10.3. The Kier molecular flexibility index (Phi) is 2.52. The zero-order valence-electron chi connectivity index (χ0n) is 8.60. The molecular formula is C11H14O4. The van der Waals surface area contributed by atoms with Crippen LogP contribution in [0.15, 0.2) is 23.0 Å². The Bertz CT molecular complexity index is 343. The normalized spacial score (nSPS) is 30.6. The molecule has 15 heavy (non-hydrogen) atoms. The van der Waals surface area contributed by atoms with Crippen LogP contribution in [0.2, 0.25) is 0 Å². The standard InChI is InChI=1S/C11H14O4/c1-8-11(10(12)13,3-5-15-8)6-9-2-4-14-7-9/h2,4,7-8H,3,5-6H2,1H3,(H,12,13). The Hall–Kier alpha value is -1.29. The molecule has 1 aliphatic rings. The van der Waals surface area contributed by atoms with Crippen LogP contribution in [0.5, 0.6) is 0 Å². The summed E-state index contributed by atoms with van der Waals surface area (Å²) in [5.41, 5.74) is 0.124. The summed E-state index contributed by atoms with van der Waals surface area (Å²) in [5.74, 6) is -0.784. The fraction of sp³-hybridized carbons (Fsp3) is 0.545. The highest BCUT2D eigenvalue weighted by Crippen LogP contribution is 2.38. The van der Waals surface area contributed by atoms with Crippen LogP contribution >= 0.6 is 0 Å². The monoisotopic (exact) mass is 210 g/mol. The maximum atomic E-state index is 11.3. The number of furan rings is 1. The van der Waals surface area contributed by atoms with Gasteiger partial charge in [0.15, 0.2) is 0 Å². The third kappa shape index (κ3) is 1.65. The van der Waals surface area contributed by atoms with Gasteiger partial charge in [-0.05, 0) is 31.4 Å². The van der Waals surface area contributed by atoms with Gasteiger partial charge in [0.25, 0.3) is 0 Å². The van der Waals surface area contributed by atoms with Gasteiger partial charge in [0.2, 0.25) is 0 Å². The first-order valence-electron chi connectivity index (χ1n) is 5.01. The van der Waals surface area contributed by atoms with Crippen molar-refractivity contribution < 1.29 is 19.1 Å². The third-order valence-corrected chi connectivity index (χ3v) is 3.22. The van der Waals surface area contributed by atoms with Gasteiger partial charge in [-0.25, -0.2) is 0 Å². The molecule has 0 bridgehead atoms. The summed E-state index contributed by atoms with van der Waals surface area (Å²) in [6, 6.07) is 1.80. The van der Waals surface area contributed by atoms with E-state index in [1.165, 1.54) is 0 Å². The zero-order chi connectivity index (χ0) is 10.9. The summed E-state index contributed by atoms with van der Waals surface area (Å²) in [4.78, 5) is 11.3. The molecule has 4 heteroatoms. The molecule has 1 aromatic heterocycles. The van der Waals surface area contributed by atoms with Crippen LogP contribution in [0.25, 0.3) is 0 Å². The topological polar surface area (TPSA) is 59.7 Å². The molecule has 1 aliphatic heterocycles. The van der Waals surface area contributed by atoms with Crippen LogP contribution < -0.4 is 0 Å². The lowest BCUT2D eigenvalue weighted by Crippen LogP contribution is -2.39. The Labute approximate surface area is 87.8 Å². The van der Waals surface area contributed by atoms with E-state index in [1.54, 1.807) is 18.6 Å². The number of aliphatic carboxylic acids is 1. The minimum absolute atomic E-state index is 0.245. The lowest BCUT2D eigenvalue weighted by atomic mass is 9.77. The van der Waals surface area contributed by atoms with E-state index >= 15 is 0 Å². The molecule has 2 unspecified atom stereocenters. The molecule has 1 fully saturated rings. The second kappa shape index (κ2) is 3.70. The quantitative estimate of drug-likeness (QED) is 0.824. The highest BCUT2D eigenvalue weighted by Gasteiger charge is 2.48. The van der Waals surface area contributed by atoms with Crippen molar-refractivity contribution in [2.75, 3.05) is 6.61 Å². The number of carbonyl (C=O) groups is 1. The van der Waals surface area contributed by atoms with Crippen LogP contribution in [0.4, 0.5) is 0 Å². The predicted octanol–water partition coefficient (Wildman–Crippen LogP) is 1.70. The van der Waals surface area contributed by atoms with Crippen molar-refractivity contribution in [3.63, 3.8) is 0 Å². The SMILES string of the molecule is CC1OCCC1(Cc1ccoc1)C(=O)O. The summed E-state index contributed by atoms with van der Waals surface area (Å²) in [5, 5.41) is 9.32. The van der Waals surface area contributed by atoms with E-state index in [4.69, 9.17) is 9.15 Å². The lowest BCUT2D eigenvalue weighted by molar-refractivity contribution is -0.151. The van der Waals surface area contributed by atoms with Crippen molar-refractivity contribution in [3.05, 3.63) is 24.2 Å². The second-order valence-electron chi connectivity index (χ2n) is 4.03. The number of carboxylic acid groups (broad SMARTS) is 1. The van der Waals surface area contributed by atoms with Crippen LogP contribution in [-0.4, -0.2) is 23.8 Å². The van der Waals surface area contributed by atoms with E-state index in [2.05, 4.69) is 0 Å². The van der Waals surface area contributed by atoms with Gasteiger partial charge >= 0.3 is 5.97 Å². The highest BCUT2D eigenvalue weighted by molar-refractivity contribution is 5.76. The lowest BCUT2D eigenvalue weighted by Gasteiger charge is -2.26. The Morgan fingerprint density at radius 2 is 2.53 bits per heavy atom. The van der Waals surface area contributed by atoms with E-state index in [0.717, 1.165) is 5.56 Å². The zero-order valence-corrected chi connectivity index (χ0v) is 8.60. The molecule has 0 amide bonds. The van der Waals surface area contributed by atoms with E-state index in [0.29, 0.717) is 19.4 Å². The van der Waals surface area contributed by atoms with Crippen LogP contribution in [0.1, 0.15) is 18.9 Å². The molecule has 1 saturated heterocycles. The van der Waals surface area contributed by atoms with Gasteiger partial charge in [0.05, 0.1) is 24.0 Å². The summed E-state index contributed by atoms with van der Waals surface area (Å²) in [7, 11) is 0. The Balaban J connectivity index is 2.24. The second-order valence-corrected chi connectivity index (χ2v) is 4.03. The van der Waals surface area contributed by atoms with Gasteiger partial charge in [-0.1, -0.05) is 0 Å². The summed E-state index contributed by atoms with van der Waals surface area (Å²) in [6.07, 6.45) is 3.94. The average Bonchev–Trinajstić information content (AvgIpc) is 2.78. The Morgan fingerprint density at radius 1 is 1.73 bits per heavy atom. The van der Waals surface area contributed by atoms with E-state index in [1.807, 2.05) is 6.92 Å². The number of hydrogen-bond acceptors (Lipinski definition) is 3. The molecule has 0 aliphatic carbocycles. The molecule has 0 aromatic carbocycles. The van der Waals surface area contributed by atoms with Crippen molar-refractivity contribution in [3.8, 4) is 0 Å². The Morgan fingerprint density at radius 3 is 3.00 bits per heavy atom. The number of carboxylic acids is 1. The van der Waals surface area contributed by atoms with Crippen molar-refractivity contribution in [1.29, 1.82) is 0 Å². The average molecular weight is 210 g/mol. The van der Waals surface area contributed by atoms with E-state index in [9.17, 15) is 9.90 Å². The number of ether oxygens (including phenoxy) is 1. The fourth-order valence-corrected chi connectivity index (χ4v) is 2.13. The van der Waals surface area contributed by atoms with Gasteiger partial charge < -0.3 is 14.3 Å².